The first kappa shape index (κ1) is 15.9. The summed E-state index contributed by atoms with van der Waals surface area (Å²) in [5.74, 6) is -1.29. The fourth-order valence-corrected chi connectivity index (χ4v) is 1.83. The summed E-state index contributed by atoms with van der Waals surface area (Å²) in [5, 5.41) is 8.97. The third kappa shape index (κ3) is 3.44. The van der Waals surface area contributed by atoms with Crippen molar-refractivity contribution in [3.8, 4) is 0 Å². The fraction of sp³-hybridized carbons (Fsp3) is 0.400. The molecule has 1 N–H and O–H groups in total. The van der Waals surface area contributed by atoms with Crippen molar-refractivity contribution in [3.63, 3.8) is 0 Å². The first-order chi connectivity index (χ1) is 9.18. The van der Waals surface area contributed by atoms with Gasteiger partial charge in [0.25, 0.3) is 5.91 Å². The van der Waals surface area contributed by atoms with Crippen molar-refractivity contribution in [2.75, 3.05) is 6.54 Å². The molecular weight excluding hydrogens is 256 g/mol. The molecule has 5 heteroatoms. The normalized spacial score (nSPS) is 11.0. The monoisotopic (exact) mass is 276 g/mol. The smallest absolute Gasteiger partial charge is 0.337 e. The van der Waals surface area contributed by atoms with Gasteiger partial charge in [-0.05, 0) is 39.8 Å². The van der Waals surface area contributed by atoms with Crippen LogP contribution in [-0.4, -0.2) is 39.0 Å². The lowest BCUT2D eigenvalue weighted by Gasteiger charge is -2.34. The van der Waals surface area contributed by atoms with E-state index in [4.69, 9.17) is 5.11 Å². The Morgan fingerprint density at radius 2 is 2.00 bits per heavy atom. The number of nitrogens with zero attached hydrogens (tertiary/aromatic N) is 2. The average molecular weight is 276 g/mol. The van der Waals surface area contributed by atoms with Crippen LogP contribution in [0.5, 0.6) is 0 Å². The number of hydrogen-bond acceptors (Lipinski definition) is 3. The zero-order valence-corrected chi connectivity index (χ0v) is 12.3. The highest BCUT2D eigenvalue weighted by atomic mass is 16.4. The van der Waals surface area contributed by atoms with Gasteiger partial charge in [0.05, 0.1) is 11.3 Å². The van der Waals surface area contributed by atoms with Crippen molar-refractivity contribution in [3.05, 3.63) is 41.7 Å². The van der Waals surface area contributed by atoms with Crippen molar-refractivity contribution in [2.45, 2.75) is 33.2 Å². The number of carbonyl (C=O) groups is 2. The van der Waals surface area contributed by atoms with E-state index in [2.05, 4.69) is 11.6 Å². The van der Waals surface area contributed by atoms with Crippen LogP contribution in [0.4, 0.5) is 0 Å². The van der Waals surface area contributed by atoms with Crippen molar-refractivity contribution < 1.29 is 14.7 Å². The zero-order valence-electron chi connectivity index (χ0n) is 12.3. The SMILES string of the molecule is C=CCN(C(=O)c1ccc(C(=O)O)c(C)n1)C(C)(C)C. The maximum Gasteiger partial charge on any atom is 0.337 e. The Labute approximate surface area is 118 Å². The molecule has 1 rings (SSSR count). The highest BCUT2D eigenvalue weighted by Gasteiger charge is 2.27. The molecule has 0 saturated carbocycles. The molecular formula is C15H20N2O3. The molecule has 5 nitrogen and oxygen atoms in total. The lowest BCUT2D eigenvalue weighted by molar-refractivity contribution is 0.0607. The largest absolute Gasteiger partial charge is 0.478 e. The number of rotatable bonds is 4. The summed E-state index contributed by atoms with van der Waals surface area (Å²) in [6.45, 7) is 11.4. The topological polar surface area (TPSA) is 70.5 Å². The minimum Gasteiger partial charge on any atom is -0.478 e. The van der Waals surface area contributed by atoms with Gasteiger partial charge in [-0.2, -0.15) is 0 Å². The Kier molecular flexibility index (Phi) is 4.65. The Morgan fingerprint density at radius 1 is 1.40 bits per heavy atom. The number of hydrogen-bond donors (Lipinski definition) is 1. The molecule has 1 aromatic rings. The van der Waals surface area contributed by atoms with E-state index in [-0.39, 0.29) is 22.7 Å². The predicted molar refractivity (Wildman–Crippen MR) is 76.9 cm³/mol. The highest BCUT2D eigenvalue weighted by Crippen LogP contribution is 2.17. The van der Waals surface area contributed by atoms with Gasteiger partial charge < -0.3 is 10.0 Å². The van der Waals surface area contributed by atoms with Gasteiger partial charge in [0, 0.05) is 12.1 Å². The van der Waals surface area contributed by atoms with Crippen LogP contribution < -0.4 is 0 Å². The number of amides is 1. The van der Waals surface area contributed by atoms with Gasteiger partial charge in [0.1, 0.15) is 5.69 Å². The first-order valence-electron chi connectivity index (χ1n) is 6.32. The van der Waals surface area contributed by atoms with Crippen molar-refractivity contribution in [2.24, 2.45) is 0 Å². The Morgan fingerprint density at radius 3 is 2.40 bits per heavy atom. The molecule has 0 aromatic carbocycles. The number of carboxylic acid groups (broad SMARTS) is 1. The van der Waals surface area contributed by atoms with Crippen molar-refractivity contribution in [1.29, 1.82) is 0 Å². The van der Waals surface area contributed by atoms with Crippen LogP contribution in [0.15, 0.2) is 24.8 Å². The predicted octanol–water partition coefficient (Wildman–Crippen LogP) is 2.51. The van der Waals surface area contributed by atoms with E-state index in [1.807, 2.05) is 20.8 Å². The van der Waals surface area contributed by atoms with E-state index in [1.54, 1.807) is 17.9 Å². The fourth-order valence-electron chi connectivity index (χ4n) is 1.83. The number of aromatic nitrogens is 1. The van der Waals surface area contributed by atoms with Crippen LogP contribution in [0, 0.1) is 6.92 Å². The zero-order chi connectivity index (χ0) is 15.5. The maximum atomic E-state index is 12.5. The summed E-state index contributed by atoms with van der Waals surface area (Å²) in [7, 11) is 0. The second-order valence-corrected chi connectivity index (χ2v) is 5.51. The maximum absolute atomic E-state index is 12.5. The second-order valence-electron chi connectivity index (χ2n) is 5.51. The molecule has 0 fully saturated rings. The summed E-state index contributed by atoms with van der Waals surface area (Å²) in [6, 6.07) is 2.85. The number of aryl methyl sites for hydroxylation is 1. The average Bonchev–Trinajstić information content (AvgIpc) is 2.33. The quantitative estimate of drug-likeness (QED) is 0.858. The van der Waals surface area contributed by atoms with Gasteiger partial charge in [0.15, 0.2) is 0 Å². The van der Waals surface area contributed by atoms with Gasteiger partial charge in [-0.3, -0.25) is 4.79 Å². The molecule has 108 valence electrons. The van der Waals surface area contributed by atoms with Gasteiger partial charge in [0.2, 0.25) is 0 Å². The van der Waals surface area contributed by atoms with Crippen LogP contribution in [0.1, 0.15) is 47.3 Å². The summed E-state index contributed by atoms with van der Waals surface area (Å²) in [5.41, 5.74) is 0.305. The molecule has 0 saturated heterocycles. The van der Waals surface area contributed by atoms with Gasteiger partial charge >= 0.3 is 5.97 Å². The van der Waals surface area contributed by atoms with E-state index in [1.165, 1.54) is 12.1 Å². The van der Waals surface area contributed by atoms with Crippen molar-refractivity contribution in [1.82, 2.24) is 9.88 Å². The Hall–Kier alpha value is -2.17. The van der Waals surface area contributed by atoms with E-state index >= 15 is 0 Å². The molecule has 0 bridgehead atoms. The summed E-state index contributed by atoms with van der Waals surface area (Å²) in [6.07, 6.45) is 1.65. The summed E-state index contributed by atoms with van der Waals surface area (Å²) >= 11 is 0. The molecule has 20 heavy (non-hydrogen) atoms. The minimum absolute atomic E-state index is 0.104. The lowest BCUT2D eigenvalue weighted by atomic mass is 10.0. The van der Waals surface area contributed by atoms with E-state index in [9.17, 15) is 9.59 Å². The first-order valence-corrected chi connectivity index (χ1v) is 6.32. The van der Waals surface area contributed by atoms with Crippen molar-refractivity contribution >= 4 is 11.9 Å². The number of pyridine rings is 1. The van der Waals surface area contributed by atoms with Crippen LogP contribution in [0.2, 0.25) is 0 Å². The molecule has 1 aromatic heterocycles. The molecule has 0 aliphatic rings. The van der Waals surface area contributed by atoms with Gasteiger partial charge in [-0.15, -0.1) is 6.58 Å². The molecule has 1 amide bonds. The lowest BCUT2D eigenvalue weighted by Crippen LogP contribution is -2.46. The summed E-state index contributed by atoms with van der Waals surface area (Å²) in [4.78, 5) is 29.2. The Balaban J connectivity index is 3.16. The number of aromatic carboxylic acids is 1. The van der Waals surface area contributed by atoms with Crippen LogP contribution in [0.25, 0.3) is 0 Å². The third-order valence-electron chi connectivity index (χ3n) is 2.90. The number of carboxylic acids is 1. The molecule has 0 radical (unpaired) electrons. The van der Waals surface area contributed by atoms with E-state index in [0.717, 1.165) is 0 Å². The second kappa shape index (κ2) is 5.86. The van der Waals surface area contributed by atoms with Crippen LogP contribution in [0.3, 0.4) is 0 Å². The van der Waals surface area contributed by atoms with Crippen LogP contribution >= 0.6 is 0 Å². The Bertz CT molecular complexity index is 545. The standard InChI is InChI=1S/C15H20N2O3/c1-6-9-17(15(3,4)5)13(18)12-8-7-11(14(19)20)10(2)16-12/h6-8H,1,9H2,2-5H3,(H,19,20). The molecule has 0 aliphatic carbocycles. The van der Waals surface area contributed by atoms with E-state index in [0.29, 0.717) is 12.2 Å². The molecule has 1 heterocycles. The highest BCUT2D eigenvalue weighted by molar-refractivity contribution is 5.94. The molecule has 0 unspecified atom stereocenters. The third-order valence-corrected chi connectivity index (χ3v) is 2.90. The van der Waals surface area contributed by atoms with E-state index < -0.39 is 5.97 Å². The number of carbonyl (C=O) groups excluding carboxylic acids is 1. The summed E-state index contributed by atoms with van der Waals surface area (Å²) < 4.78 is 0. The molecule has 0 atom stereocenters. The van der Waals surface area contributed by atoms with Gasteiger partial charge in [-0.1, -0.05) is 6.08 Å². The van der Waals surface area contributed by atoms with Gasteiger partial charge in [-0.25, -0.2) is 9.78 Å². The minimum atomic E-state index is -1.05. The molecule has 0 aliphatic heterocycles. The molecule has 0 spiro atoms. The van der Waals surface area contributed by atoms with Crippen LogP contribution in [-0.2, 0) is 0 Å².